The number of nitrogens with one attached hydrogen (secondary N) is 2. The molecular formula is C18H21F2N3O2. The number of carbonyl (C=O) groups is 2. The Kier molecular flexibility index (Phi) is 4.49. The third-order valence-electron chi connectivity index (χ3n) is 4.53. The summed E-state index contributed by atoms with van der Waals surface area (Å²) in [7, 11) is 0. The number of hydrogen-bond donors (Lipinski definition) is 2. The molecule has 7 heteroatoms. The first-order valence-electron chi connectivity index (χ1n) is 8.37. The molecule has 1 aromatic carbocycles. The van der Waals surface area contributed by atoms with Crippen LogP contribution in [0.15, 0.2) is 24.3 Å². The predicted molar refractivity (Wildman–Crippen MR) is 90.7 cm³/mol. The second kappa shape index (κ2) is 6.46. The maximum absolute atomic E-state index is 13.0. The highest BCUT2D eigenvalue weighted by molar-refractivity contribution is 5.98. The average molecular weight is 349 g/mol. The second-order valence-corrected chi connectivity index (χ2v) is 6.56. The number of aryl methyl sites for hydroxylation is 1. The Bertz CT molecular complexity index is 810. The summed E-state index contributed by atoms with van der Waals surface area (Å²) in [4.78, 5) is 28.7. The van der Waals surface area contributed by atoms with Crippen molar-refractivity contribution >= 4 is 22.7 Å². The van der Waals surface area contributed by atoms with Crippen LogP contribution in [0.1, 0.15) is 36.3 Å². The minimum Gasteiger partial charge on any atom is -0.351 e. The molecule has 0 saturated carbocycles. The standard InChI is InChI=1S/C18H21F2N3O2/c1-3-11-4-5-12-9-15(22-14(12)8-11)16(24)23-7-6-13(10-23)21-17(25)18(2,19)20/h4-5,8-9,13,22H,3,6-7,10H2,1-2H3,(H,21,25). The van der Waals surface area contributed by atoms with Gasteiger partial charge in [0.15, 0.2) is 0 Å². The molecule has 1 fully saturated rings. The van der Waals surface area contributed by atoms with Crippen molar-refractivity contribution in [1.29, 1.82) is 0 Å². The lowest BCUT2D eigenvalue weighted by molar-refractivity contribution is -0.143. The first-order chi connectivity index (χ1) is 11.8. The van der Waals surface area contributed by atoms with Gasteiger partial charge in [-0.2, -0.15) is 8.78 Å². The van der Waals surface area contributed by atoms with Crippen molar-refractivity contribution in [3.8, 4) is 0 Å². The van der Waals surface area contributed by atoms with Gasteiger partial charge in [-0.05, 0) is 30.5 Å². The van der Waals surface area contributed by atoms with Gasteiger partial charge in [0.2, 0.25) is 0 Å². The van der Waals surface area contributed by atoms with E-state index in [-0.39, 0.29) is 12.5 Å². The van der Waals surface area contributed by atoms with Crippen molar-refractivity contribution in [1.82, 2.24) is 15.2 Å². The Morgan fingerprint density at radius 2 is 2.12 bits per heavy atom. The van der Waals surface area contributed by atoms with Crippen LogP contribution < -0.4 is 5.32 Å². The molecular weight excluding hydrogens is 328 g/mol. The van der Waals surface area contributed by atoms with Crippen molar-refractivity contribution in [2.45, 2.75) is 38.7 Å². The van der Waals surface area contributed by atoms with E-state index < -0.39 is 17.9 Å². The third-order valence-corrected chi connectivity index (χ3v) is 4.53. The van der Waals surface area contributed by atoms with Crippen LogP contribution in [0.3, 0.4) is 0 Å². The highest BCUT2D eigenvalue weighted by Crippen LogP contribution is 2.21. The maximum Gasteiger partial charge on any atom is 0.321 e. The summed E-state index contributed by atoms with van der Waals surface area (Å²) in [5.41, 5.74) is 2.55. The number of H-pyrrole nitrogens is 1. The molecule has 2 aromatic rings. The SMILES string of the molecule is CCc1ccc2cc(C(=O)N3CCC(NC(=O)C(C)(F)F)C3)[nH]c2c1. The molecule has 1 aromatic heterocycles. The lowest BCUT2D eigenvalue weighted by atomic mass is 10.1. The number of aromatic nitrogens is 1. The summed E-state index contributed by atoms with van der Waals surface area (Å²) < 4.78 is 25.9. The summed E-state index contributed by atoms with van der Waals surface area (Å²) in [5.74, 6) is -4.90. The molecule has 3 rings (SSSR count). The van der Waals surface area contributed by atoms with Gasteiger partial charge in [-0.25, -0.2) is 0 Å². The fraction of sp³-hybridized carbons (Fsp3) is 0.444. The smallest absolute Gasteiger partial charge is 0.321 e. The molecule has 2 heterocycles. The van der Waals surface area contributed by atoms with Crippen LogP contribution in [-0.4, -0.2) is 46.8 Å². The largest absolute Gasteiger partial charge is 0.351 e. The molecule has 1 atom stereocenters. The number of carbonyl (C=O) groups excluding carboxylic acids is 2. The van der Waals surface area contributed by atoms with E-state index >= 15 is 0 Å². The van der Waals surface area contributed by atoms with Crippen LogP contribution in [0.5, 0.6) is 0 Å². The quantitative estimate of drug-likeness (QED) is 0.891. The normalized spacial score (nSPS) is 17.9. The van der Waals surface area contributed by atoms with E-state index in [1.54, 1.807) is 11.0 Å². The number of halogens is 2. The molecule has 2 N–H and O–H groups in total. The van der Waals surface area contributed by atoms with E-state index in [1.165, 1.54) is 5.56 Å². The molecule has 0 aliphatic carbocycles. The number of likely N-dealkylation sites (tertiary alicyclic amines) is 1. The lowest BCUT2D eigenvalue weighted by Crippen LogP contribution is -2.45. The molecule has 5 nitrogen and oxygen atoms in total. The van der Waals surface area contributed by atoms with Gasteiger partial charge in [0.1, 0.15) is 5.69 Å². The van der Waals surface area contributed by atoms with Crippen molar-refractivity contribution in [2.75, 3.05) is 13.1 Å². The Labute approximate surface area is 144 Å². The minimum atomic E-state index is -3.41. The van der Waals surface area contributed by atoms with E-state index in [4.69, 9.17) is 0 Å². The van der Waals surface area contributed by atoms with Crippen LogP contribution in [-0.2, 0) is 11.2 Å². The number of benzene rings is 1. The molecule has 0 bridgehead atoms. The van der Waals surface area contributed by atoms with E-state index in [0.29, 0.717) is 25.6 Å². The predicted octanol–water partition coefficient (Wildman–Crippen LogP) is 2.72. The van der Waals surface area contributed by atoms with Crippen LogP contribution in [0.25, 0.3) is 10.9 Å². The first kappa shape index (κ1) is 17.4. The zero-order valence-electron chi connectivity index (χ0n) is 14.2. The minimum absolute atomic E-state index is 0.186. The third kappa shape index (κ3) is 3.65. The van der Waals surface area contributed by atoms with E-state index in [2.05, 4.69) is 17.2 Å². The molecule has 1 aliphatic rings. The summed E-state index contributed by atoms with van der Waals surface area (Å²) >= 11 is 0. The van der Waals surface area contributed by atoms with Crippen LogP contribution in [0, 0.1) is 0 Å². The summed E-state index contributed by atoms with van der Waals surface area (Å²) in [5, 5.41) is 3.26. The molecule has 134 valence electrons. The number of hydrogen-bond acceptors (Lipinski definition) is 2. The Morgan fingerprint density at radius 3 is 2.80 bits per heavy atom. The van der Waals surface area contributed by atoms with Crippen molar-refractivity contribution < 1.29 is 18.4 Å². The molecule has 0 radical (unpaired) electrons. The Balaban J connectivity index is 1.69. The van der Waals surface area contributed by atoms with Gasteiger partial charge in [0.25, 0.3) is 11.8 Å². The molecule has 1 saturated heterocycles. The average Bonchev–Trinajstić information content (AvgIpc) is 3.19. The second-order valence-electron chi connectivity index (χ2n) is 6.56. The van der Waals surface area contributed by atoms with Crippen molar-refractivity contribution in [2.24, 2.45) is 0 Å². The number of alkyl halides is 2. The topological polar surface area (TPSA) is 65.2 Å². The fourth-order valence-corrected chi connectivity index (χ4v) is 3.05. The number of aromatic amines is 1. The molecule has 25 heavy (non-hydrogen) atoms. The molecule has 0 spiro atoms. The molecule has 1 unspecified atom stereocenters. The Morgan fingerprint density at radius 1 is 1.36 bits per heavy atom. The van der Waals surface area contributed by atoms with Crippen molar-refractivity contribution in [3.05, 3.63) is 35.5 Å². The number of rotatable bonds is 4. The van der Waals surface area contributed by atoms with Gasteiger partial charge in [-0.1, -0.05) is 19.1 Å². The zero-order valence-corrected chi connectivity index (χ0v) is 14.2. The Hall–Kier alpha value is -2.44. The molecule has 2 amide bonds. The zero-order chi connectivity index (χ0) is 18.2. The van der Waals surface area contributed by atoms with Crippen LogP contribution >= 0.6 is 0 Å². The van der Waals surface area contributed by atoms with Gasteiger partial charge in [0.05, 0.1) is 0 Å². The fourth-order valence-electron chi connectivity index (χ4n) is 3.05. The van der Waals surface area contributed by atoms with E-state index in [1.807, 2.05) is 18.2 Å². The van der Waals surface area contributed by atoms with Gasteiger partial charge in [-0.3, -0.25) is 9.59 Å². The summed E-state index contributed by atoms with van der Waals surface area (Å²) in [6.07, 6.45) is 1.38. The monoisotopic (exact) mass is 349 g/mol. The van der Waals surface area contributed by atoms with E-state index in [9.17, 15) is 18.4 Å². The van der Waals surface area contributed by atoms with Crippen LogP contribution in [0.2, 0.25) is 0 Å². The maximum atomic E-state index is 13.0. The highest BCUT2D eigenvalue weighted by Gasteiger charge is 2.36. The van der Waals surface area contributed by atoms with Gasteiger partial charge in [0, 0.05) is 37.0 Å². The number of nitrogens with zero attached hydrogens (tertiary/aromatic N) is 1. The summed E-state index contributed by atoms with van der Waals surface area (Å²) in [6, 6.07) is 7.36. The number of amides is 2. The summed E-state index contributed by atoms with van der Waals surface area (Å²) in [6.45, 7) is 3.29. The first-order valence-corrected chi connectivity index (χ1v) is 8.37. The van der Waals surface area contributed by atoms with E-state index in [0.717, 1.165) is 17.3 Å². The molecule has 1 aliphatic heterocycles. The number of fused-ring (bicyclic) bond motifs is 1. The van der Waals surface area contributed by atoms with Crippen LogP contribution in [0.4, 0.5) is 8.78 Å². The van der Waals surface area contributed by atoms with Gasteiger partial charge in [-0.15, -0.1) is 0 Å². The van der Waals surface area contributed by atoms with Crippen molar-refractivity contribution in [3.63, 3.8) is 0 Å². The van der Waals surface area contributed by atoms with Gasteiger partial charge < -0.3 is 15.2 Å². The highest BCUT2D eigenvalue weighted by atomic mass is 19.3. The lowest BCUT2D eigenvalue weighted by Gasteiger charge is -2.18. The van der Waals surface area contributed by atoms with Gasteiger partial charge >= 0.3 is 5.92 Å².